The second-order valence-corrected chi connectivity index (χ2v) is 13.0. The zero-order chi connectivity index (χ0) is 29.2. The number of rotatable bonds is 9. The summed E-state index contributed by atoms with van der Waals surface area (Å²) in [5.74, 6) is -0.471. The molecule has 1 aliphatic rings. The molecule has 0 unspecified atom stereocenters. The maximum Gasteiger partial charge on any atom is 0.374 e. The first-order valence-corrected chi connectivity index (χ1v) is 15.5. The standard InChI is InChI=1S/C32H38N3O5S/c1-5-39-32(36)31-24(2)27-23-26(15-16-30(27)40-31)41(37,38)34(18-17-25-11-7-6-8-12-25)29-14-10-9-13-28(29)33-19-21-35(3,4)22-20-33/h6-16,23H,5,17-22H2,1-4H3/q+1. The number of benzene rings is 3. The lowest BCUT2D eigenvalue weighted by Gasteiger charge is -2.41. The summed E-state index contributed by atoms with van der Waals surface area (Å²) >= 11 is 0. The van der Waals surface area contributed by atoms with Crippen LogP contribution < -0.4 is 9.21 Å². The van der Waals surface area contributed by atoms with Gasteiger partial charge in [-0.25, -0.2) is 13.2 Å². The molecule has 1 saturated heterocycles. The third-order valence-electron chi connectivity index (χ3n) is 7.84. The van der Waals surface area contributed by atoms with Crippen LogP contribution >= 0.6 is 0 Å². The molecule has 0 amide bonds. The summed E-state index contributed by atoms with van der Waals surface area (Å²) in [5, 5.41) is 0.571. The smallest absolute Gasteiger partial charge is 0.374 e. The molecule has 0 spiro atoms. The molecule has 1 fully saturated rings. The molecule has 9 heteroatoms. The van der Waals surface area contributed by atoms with Crippen LogP contribution in [0, 0.1) is 6.92 Å². The first-order valence-electron chi connectivity index (χ1n) is 14.0. The Balaban J connectivity index is 1.57. The van der Waals surface area contributed by atoms with Crippen molar-refractivity contribution in [3.05, 3.63) is 89.7 Å². The molecule has 0 bridgehead atoms. The highest BCUT2D eigenvalue weighted by Gasteiger charge is 2.31. The lowest BCUT2D eigenvalue weighted by molar-refractivity contribution is -0.890. The van der Waals surface area contributed by atoms with Gasteiger partial charge in [-0.15, -0.1) is 0 Å². The monoisotopic (exact) mass is 576 g/mol. The van der Waals surface area contributed by atoms with Crippen LogP contribution in [0.2, 0.25) is 0 Å². The fraction of sp³-hybridized carbons (Fsp3) is 0.344. The van der Waals surface area contributed by atoms with E-state index in [1.165, 1.54) is 4.31 Å². The molecule has 3 aromatic carbocycles. The number of likely N-dealkylation sites (N-methyl/N-ethyl adjacent to an activating group) is 1. The Bertz CT molecular complexity index is 1640. The van der Waals surface area contributed by atoms with Crippen molar-refractivity contribution in [3.8, 4) is 0 Å². The number of fused-ring (bicyclic) bond motifs is 1. The van der Waals surface area contributed by atoms with Crippen LogP contribution in [0.5, 0.6) is 0 Å². The molecule has 41 heavy (non-hydrogen) atoms. The number of para-hydroxylation sites is 2. The van der Waals surface area contributed by atoms with Crippen LogP contribution in [0.15, 0.2) is 82.1 Å². The van der Waals surface area contributed by atoms with Gasteiger partial charge in [-0.1, -0.05) is 42.5 Å². The molecular formula is C32H38N3O5S+. The average molecular weight is 577 g/mol. The fourth-order valence-corrected chi connectivity index (χ4v) is 6.82. The van der Waals surface area contributed by atoms with Crippen LogP contribution in [-0.2, 0) is 21.2 Å². The van der Waals surface area contributed by atoms with E-state index < -0.39 is 16.0 Å². The SMILES string of the molecule is CCOC(=O)c1oc2ccc(S(=O)(=O)N(CCc3ccccc3)c3ccccc3N3CC[N+](C)(C)CC3)cc2c1C. The summed E-state index contributed by atoms with van der Waals surface area (Å²) in [6.45, 7) is 7.60. The topological polar surface area (TPSA) is 80.1 Å². The second kappa shape index (κ2) is 11.6. The van der Waals surface area contributed by atoms with E-state index in [2.05, 4.69) is 19.0 Å². The third-order valence-corrected chi connectivity index (χ3v) is 9.65. The van der Waals surface area contributed by atoms with Gasteiger partial charge >= 0.3 is 5.97 Å². The average Bonchev–Trinajstić information content (AvgIpc) is 3.30. The van der Waals surface area contributed by atoms with Gasteiger partial charge in [-0.3, -0.25) is 4.31 Å². The Morgan fingerprint density at radius 2 is 1.68 bits per heavy atom. The van der Waals surface area contributed by atoms with Gasteiger partial charge in [-0.05, 0) is 56.2 Å². The molecule has 0 atom stereocenters. The number of piperazine rings is 1. The van der Waals surface area contributed by atoms with E-state index in [9.17, 15) is 13.2 Å². The number of anilines is 2. The minimum absolute atomic E-state index is 0.0918. The lowest BCUT2D eigenvalue weighted by atomic mass is 10.1. The minimum Gasteiger partial charge on any atom is -0.460 e. The summed E-state index contributed by atoms with van der Waals surface area (Å²) in [6, 6.07) is 22.4. The Labute approximate surface area is 242 Å². The van der Waals surface area contributed by atoms with Crippen molar-refractivity contribution in [2.45, 2.75) is 25.2 Å². The minimum atomic E-state index is -3.99. The zero-order valence-electron chi connectivity index (χ0n) is 24.2. The van der Waals surface area contributed by atoms with E-state index in [4.69, 9.17) is 9.15 Å². The third kappa shape index (κ3) is 5.96. The molecule has 5 rings (SSSR count). The number of nitrogens with zero attached hydrogens (tertiary/aromatic N) is 3. The summed E-state index contributed by atoms with van der Waals surface area (Å²) in [6.07, 6.45) is 0.554. The van der Waals surface area contributed by atoms with Gasteiger partial charge in [0.05, 0.1) is 63.2 Å². The van der Waals surface area contributed by atoms with Gasteiger partial charge in [0.25, 0.3) is 10.0 Å². The van der Waals surface area contributed by atoms with E-state index in [0.717, 1.165) is 41.9 Å². The van der Waals surface area contributed by atoms with E-state index in [-0.39, 0.29) is 23.8 Å². The Hall–Kier alpha value is -3.82. The van der Waals surface area contributed by atoms with Gasteiger partial charge < -0.3 is 18.5 Å². The predicted octanol–water partition coefficient (Wildman–Crippen LogP) is 5.25. The molecule has 0 radical (unpaired) electrons. The van der Waals surface area contributed by atoms with Gasteiger partial charge in [0.15, 0.2) is 0 Å². The molecule has 4 aromatic rings. The van der Waals surface area contributed by atoms with Crippen LogP contribution in [0.25, 0.3) is 11.0 Å². The van der Waals surface area contributed by atoms with Gasteiger partial charge in [0, 0.05) is 17.5 Å². The number of aryl methyl sites for hydroxylation is 1. The maximum absolute atomic E-state index is 14.5. The van der Waals surface area contributed by atoms with Crippen molar-refractivity contribution < 1.29 is 26.8 Å². The van der Waals surface area contributed by atoms with Crippen LogP contribution in [0.4, 0.5) is 11.4 Å². The van der Waals surface area contributed by atoms with Gasteiger partial charge in [-0.2, -0.15) is 0 Å². The number of esters is 1. The molecule has 8 nitrogen and oxygen atoms in total. The summed E-state index contributed by atoms with van der Waals surface area (Å²) in [7, 11) is 0.454. The van der Waals surface area contributed by atoms with E-state index in [1.807, 2.05) is 54.6 Å². The van der Waals surface area contributed by atoms with Crippen LogP contribution in [-0.4, -0.2) is 72.3 Å². The summed E-state index contributed by atoms with van der Waals surface area (Å²) < 4.78 is 42.3. The van der Waals surface area contributed by atoms with Crippen molar-refractivity contribution in [2.75, 3.05) is 62.6 Å². The van der Waals surface area contributed by atoms with Crippen molar-refractivity contribution in [2.24, 2.45) is 0 Å². The van der Waals surface area contributed by atoms with Crippen molar-refractivity contribution >= 4 is 38.3 Å². The Kier molecular flexibility index (Phi) is 8.11. The fourth-order valence-electron chi connectivity index (χ4n) is 5.31. The van der Waals surface area contributed by atoms with E-state index in [1.54, 1.807) is 32.0 Å². The van der Waals surface area contributed by atoms with Gasteiger partial charge in [0.1, 0.15) is 5.58 Å². The molecule has 0 saturated carbocycles. The number of hydrogen-bond acceptors (Lipinski definition) is 6. The Morgan fingerprint density at radius 1 is 1.00 bits per heavy atom. The number of quaternary nitrogens is 1. The number of carbonyl (C=O) groups excluding carboxylic acids is 1. The van der Waals surface area contributed by atoms with Crippen LogP contribution in [0.1, 0.15) is 28.6 Å². The predicted molar refractivity (Wildman–Crippen MR) is 162 cm³/mol. The highest BCUT2D eigenvalue weighted by Crippen LogP contribution is 2.36. The van der Waals surface area contributed by atoms with Crippen molar-refractivity contribution in [3.63, 3.8) is 0 Å². The van der Waals surface area contributed by atoms with Crippen molar-refractivity contribution in [1.29, 1.82) is 0 Å². The summed E-state index contributed by atoms with van der Waals surface area (Å²) in [4.78, 5) is 14.8. The highest BCUT2D eigenvalue weighted by molar-refractivity contribution is 7.92. The molecule has 1 aromatic heterocycles. The molecular weight excluding hydrogens is 538 g/mol. The van der Waals surface area contributed by atoms with E-state index >= 15 is 0 Å². The maximum atomic E-state index is 14.5. The summed E-state index contributed by atoms with van der Waals surface area (Å²) in [5.41, 5.74) is 3.62. The number of hydrogen-bond donors (Lipinski definition) is 0. The Morgan fingerprint density at radius 3 is 2.39 bits per heavy atom. The quantitative estimate of drug-likeness (QED) is 0.200. The number of ether oxygens (including phenoxy) is 1. The highest BCUT2D eigenvalue weighted by atomic mass is 32.2. The first-order chi connectivity index (χ1) is 19.6. The molecule has 216 valence electrons. The van der Waals surface area contributed by atoms with E-state index in [0.29, 0.717) is 28.6 Å². The molecule has 0 N–H and O–H groups in total. The van der Waals surface area contributed by atoms with Gasteiger partial charge in [0.2, 0.25) is 5.76 Å². The largest absolute Gasteiger partial charge is 0.460 e. The zero-order valence-corrected chi connectivity index (χ0v) is 25.0. The number of sulfonamides is 1. The normalized spacial score (nSPS) is 15.2. The van der Waals surface area contributed by atoms with Crippen LogP contribution in [0.3, 0.4) is 0 Å². The van der Waals surface area contributed by atoms with Crippen molar-refractivity contribution in [1.82, 2.24) is 0 Å². The number of furan rings is 1. The molecule has 1 aliphatic heterocycles. The second-order valence-electron chi connectivity index (χ2n) is 11.1. The lowest BCUT2D eigenvalue weighted by Crippen LogP contribution is -2.55. The number of carbonyl (C=O) groups is 1. The first kappa shape index (κ1) is 28.7. The molecule has 2 heterocycles. The molecule has 0 aliphatic carbocycles.